The highest BCUT2D eigenvalue weighted by molar-refractivity contribution is 7.98. The van der Waals surface area contributed by atoms with Crippen LogP contribution in [0.15, 0.2) is 64.5 Å². The molecule has 0 aliphatic carbocycles. The third kappa shape index (κ3) is 4.11. The molecule has 1 aromatic heterocycles. The Morgan fingerprint density at radius 3 is 2.57 bits per heavy atom. The van der Waals surface area contributed by atoms with Gasteiger partial charge in [-0.25, -0.2) is 0 Å². The Bertz CT molecular complexity index is 1110. The molecule has 0 saturated heterocycles. The first-order valence-corrected chi connectivity index (χ1v) is 10.9. The van der Waals surface area contributed by atoms with E-state index in [1.807, 2.05) is 73.1 Å². The van der Waals surface area contributed by atoms with Gasteiger partial charge in [0.05, 0.1) is 12.2 Å². The predicted molar refractivity (Wildman–Crippen MR) is 118 cm³/mol. The minimum atomic E-state index is -0.330. The molecule has 1 atom stereocenters. The molecule has 2 aromatic carbocycles. The number of carbonyl (C=O) groups is 1. The Morgan fingerprint density at radius 2 is 1.87 bits per heavy atom. The second kappa shape index (κ2) is 8.75. The first kappa shape index (κ1) is 20.2. The molecule has 154 valence electrons. The van der Waals surface area contributed by atoms with E-state index in [1.165, 1.54) is 11.8 Å². The first-order valence-electron chi connectivity index (χ1n) is 9.87. The van der Waals surface area contributed by atoms with Crippen molar-refractivity contribution in [3.63, 3.8) is 0 Å². The molecule has 2 heterocycles. The molecule has 1 amide bonds. The van der Waals surface area contributed by atoms with Crippen LogP contribution in [0.2, 0.25) is 0 Å². The Kier molecular flexibility index (Phi) is 5.90. The third-order valence-corrected chi connectivity index (χ3v) is 6.21. The molecule has 3 aromatic rings. The second-order valence-electron chi connectivity index (χ2n) is 7.10. The summed E-state index contributed by atoms with van der Waals surface area (Å²) in [5.41, 5.74) is 2.28. The summed E-state index contributed by atoms with van der Waals surface area (Å²) in [7, 11) is 1.83. The fourth-order valence-corrected chi connectivity index (χ4v) is 4.55. The monoisotopic (exact) mass is 421 g/mol. The van der Waals surface area contributed by atoms with Crippen LogP contribution >= 0.6 is 11.8 Å². The summed E-state index contributed by atoms with van der Waals surface area (Å²) < 4.78 is 7.31. The van der Waals surface area contributed by atoms with Gasteiger partial charge in [0.15, 0.2) is 5.16 Å². The van der Waals surface area contributed by atoms with E-state index in [2.05, 4.69) is 10.3 Å². The molecule has 6 nitrogen and oxygen atoms in total. The molecule has 30 heavy (non-hydrogen) atoms. The Morgan fingerprint density at radius 1 is 1.13 bits per heavy atom. The van der Waals surface area contributed by atoms with Gasteiger partial charge < -0.3 is 14.6 Å². The maximum Gasteiger partial charge on any atom is 0.279 e. The molecule has 0 spiro atoms. The molecule has 7 heteroatoms. The number of amides is 1. The number of nitrogens with one attached hydrogen (secondary N) is 1. The van der Waals surface area contributed by atoms with E-state index < -0.39 is 0 Å². The summed E-state index contributed by atoms with van der Waals surface area (Å²) in [6.07, 6.45) is 0.217. The zero-order valence-electron chi connectivity index (χ0n) is 16.9. The van der Waals surface area contributed by atoms with Crippen molar-refractivity contribution in [3.05, 3.63) is 81.6 Å². The first-order chi connectivity index (χ1) is 14.6. The number of rotatable bonds is 6. The number of hydrogen-bond donors (Lipinski definition) is 1. The van der Waals surface area contributed by atoms with E-state index in [4.69, 9.17) is 4.74 Å². The highest BCUT2D eigenvalue weighted by Gasteiger charge is 2.32. The SMILES string of the molecule is CCOc1ccc(C2CC(=O)Nc3c2c(=O)nc(SCc2ccccc2)n3C)cc1. The smallest absolute Gasteiger partial charge is 0.279 e. The minimum absolute atomic E-state index is 0.110. The van der Waals surface area contributed by atoms with E-state index in [0.717, 1.165) is 16.9 Å². The molecule has 1 aliphatic rings. The van der Waals surface area contributed by atoms with E-state index >= 15 is 0 Å². The van der Waals surface area contributed by atoms with Gasteiger partial charge in [0.2, 0.25) is 5.91 Å². The molecule has 1 aliphatic heterocycles. The van der Waals surface area contributed by atoms with Crippen molar-refractivity contribution in [3.8, 4) is 5.75 Å². The number of nitrogens with zero attached hydrogens (tertiary/aromatic N) is 2. The fraction of sp³-hybridized carbons (Fsp3) is 0.261. The van der Waals surface area contributed by atoms with Crippen LogP contribution in [0, 0.1) is 0 Å². The largest absolute Gasteiger partial charge is 0.494 e. The normalized spacial score (nSPS) is 15.4. The second-order valence-corrected chi connectivity index (χ2v) is 8.04. The minimum Gasteiger partial charge on any atom is -0.494 e. The van der Waals surface area contributed by atoms with E-state index in [1.54, 1.807) is 0 Å². The standard InChI is InChI=1S/C23H23N3O3S/c1-3-29-17-11-9-16(10-12-17)18-13-19(27)24-21-20(18)22(28)25-23(26(21)2)30-14-15-7-5-4-6-8-15/h4-12,18H,3,13-14H2,1-2H3,(H,24,27). The number of thioether (sulfide) groups is 1. The lowest BCUT2D eigenvalue weighted by atomic mass is 9.87. The number of hydrogen-bond acceptors (Lipinski definition) is 5. The molecule has 0 bridgehead atoms. The average molecular weight is 422 g/mol. The number of carbonyl (C=O) groups excluding carboxylic acids is 1. The molecule has 0 fully saturated rings. The van der Waals surface area contributed by atoms with E-state index in [-0.39, 0.29) is 23.8 Å². The molecule has 1 unspecified atom stereocenters. The van der Waals surface area contributed by atoms with Crippen LogP contribution in [-0.4, -0.2) is 22.1 Å². The topological polar surface area (TPSA) is 73.2 Å². The zero-order chi connectivity index (χ0) is 21.1. The van der Waals surface area contributed by atoms with Crippen LogP contribution in [0.25, 0.3) is 0 Å². The Hall–Kier alpha value is -3.06. The van der Waals surface area contributed by atoms with Gasteiger partial charge in [-0.15, -0.1) is 0 Å². The van der Waals surface area contributed by atoms with Crippen LogP contribution in [0.5, 0.6) is 5.75 Å². The Balaban J connectivity index is 1.68. The van der Waals surface area contributed by atoms with Gasteiger partial charge in [-0.2, -0.15) is 4.98 Å². The number of anilines is 1. The van der Waals surface area contributed by atoms with Gasteiger partial charge in [-0.1, -0.05) is 54.2 Å². The van der Waals surface area contributed by atoms with Gasteiger partial charge in [0.1, 0.15) is 11.6 Å². The Labute approximate surface area is 179 Å². The van der Waals surface area contributed by atoms with Crippen LogP contribution in [0.1, 0.15) is 36.0 Å². The summed E-state index contributed by atoms with van der Waals surface area (Å²) >= 11 is 1.48. The van der Waals surface area contributed by atoms with Gasteiger partial charge in [0, 0.05) is 25.1 Å². The average Bonchev–Trinajstić information content (AvgIpc) is 2.76. The molecule has 1 N–H and O–H groups in total. The number of benzene rings is 2. The maximum atomic E-state index is 13.0. The van der Waals surface area contributed by atoms with Crippen molar-refractivity contribution in [1.82, 2.24) is 9.55 Å². The third-order valence-electron chi connectivity index (χ3n) is 5.11. The van der Waals surface area contributed by atoms with E-state index in [0.29, 0.717) is 28.9 Å². The fourth-order valence-electron chi connectivity index (χ4n) is 3.63. The molecular weight excluding hydrogens is 398 g/mol. The van der Waals surface area contributed by atoms with Gasteiger partial charge in [-0.05, 0) is 30.2 Å². The van der Waals surface area contributed by atoms with Crippen LogP contribution in [0.4, 0.5) is 5.82 Å². The zero-order valence-corrected chi connectivity index (χ0v) is 17.7. The number of fused-ring (bicyclic) bond motifs is 1. The predicted octanol–water partition coefficient (Wildman–Crippen LogP) is 3.95. The van der Waals surface area contributed by atoms with Crippen molar-refractivity contribution in [2.45, 2.75) is 30.2 Å². The van der Waals surface area contributed by atoms with Crippen molar-refractivity contribution in [2.75, 3.05) is 11.9 Å². The highest BCUT2D eigenvalue weighted by Crippen LogP contribution is 2.36. The lowest BCUT2D eigenvalue weighted by Gasteiger charge is -2.27. The lowest BCUT2D eigenvalue weighted by molar-refractivity contribution is -0.116. The molecule has 0 radical (unpaired) electrons. The number of aromatic nitrogens is 2. The lowest BCUT2D eigenvalue weighted by Crippen LogP contribution is -2.33. The van der Waals surface area contributed by atoms with E-state index in [9.17, 15) is 9.59 Å². The summed E-state index contributed by atoms with van der Waals surface area (Å²) in [5, 5.41) is 3.46. The van der Waals surface area contributed by atoms with Gasteiger partial charge >= 0.3 is 0 Å². The number of ether oxygens (including phenoxy) is 1. The molecule has 4 rings (SSSR count). The van der Waals surface area contributed by atoms with Crippen molar-refractivity contribution < 1.29 is 9.53 Å². The summed E-state index contributed by atoms with van der Waals surface area (Å²) in [6, 6.07) is 17.6. The highest BCUT2D eigenvalue weighted by atomic mass is 32.2. The van der Waals surface area contributed by atoms with Crippen molar-refractivity contribution >= 4 is 23.5 Å². The summed E-state index contributed by atoms with van der Waals surface area (Å²) in [6.45, 7) is 2.51. The van der Waals surface area contributed by atoms with Crippen molar-refractivity contribution in [1.29, 1.82) is 0 Å². The maximum absolute atomic E-state index is 13.0. The van der Waals surface area contributed by atoms with Gasteiger partial charge in [0.25, 0.3) is 5.56 Å². The van der Waals surface area contributed by atoms with Gasteiger partial charge in [-0.3, -0.25) is 9.59 Å². The van der Waals surface area contributed by atoms with Crippen LogP contribution < -0.4 is 15.6 Å². The van der Waals surface area contributed by atoms with Crippen LogP contribution in [0.3, 0.4) is 0 Å². The quantitative estimate of drug-likeness (QED) is 0.482. The molecule has 0 saturated carbocycles. The molecular formula is C23H23N3O3S. The van der Waals surface area contributed by atoms with Crippen LogP contribution in [-0.2, 0) is 17.6 Å². The summed E-state index contributed by atoms with van der Waals surface area (Å²) in [4.78, 5) is 29.8. The summed E-state index contributed by atoms with van der Waals surface area (Å²) in [5.74, 6) is 1.54. The van der Waals surface area contributed by atoms with Crippen molar-refractivity contribution in [2.24, 2.45) is 7.05 Å².